The van der Waals surface area contributed by atoms with Crippen LogP contribution in [0.3, 0.4) is 0 Å². The molecule has 26 heavy (non-hydrogen) atoms. The molecule has 0 spiro atoms. The molecule has 3 aromatic carbocycles. The van der Waals surface area contributed by atoms with E-state index in [0.29, 0.717) is 12.2 Å². The average molecular weight is 348 g/mol. The van der Waals surface area contributed by atoms with Crippen LogP contribution in [-0.2, 0) is 4.79 Å². The molecular weight excluding hydrogens is 328 g/mol. The summed E-state index contributed by atoms with van der Waals surface area (Å²) >= 11 is 0. The van der Waals surface area contributed by atoms with Crippen molar-refractivity contribution in [1.29, 1.82) is 0 Å². The fourth-order valence-electron chi connectivity index (χ4n) is 2.63. The highest BCUT2D eigenvalue weighted by Crippen LogP contribution is 2.24. The molecular formula is C21H20N2O3. The van der Waals surface area contributed by atoms with Crippen molar-refractivity contribution in [3.63, 3.8) is 0 Å². The van der Waals surface area contributed by atoms with Crippen LogP contribution in [0.1, 0.15) is 18.9 Å². The summed E-state index contributed by atoms with van der Waals surface area (Å²) in [5, 5.41) is 15.6. The van der Waals surface area contributed by atoms with Crippen molar-refractivity contribution in [2.24, 2.45) is 5.10 Å². The molecule has 0 atom stereocenters. The minimum Gasteiger partial charge on any atom is -0.508 e. The molecule has 0 fully saturated rings. The zero-order chi connectivity index (χ0) is 18.4. The minimum atomic E-state index is -0.331. The summed E-state index contributed by atoms with van der Waals surface area (Å²) in [6, 6.07) is 20.3. The molecule has 0 saturated heterocycles. The summed E-state index contributed by atoms with van der Waals surface area (Å²) < 4.78 is 5.65. The van der Waals surface area contributed by atoms with Crippen molar-refractivity contribution >= 4 is 22.4 Å². The van der Waals surface area contributed by atoms with Gasteiger partial charge in [0.25, 0.3) is 5.91 Å². The SMILES string of the molecule is CC/C(=N\NC(=O)COc1cccc2ccccc12)c1ccc(O)cc1. The van der Waals surface area contributed by atoms with E-state index in [1.165, 1.54) is 0 Å². The number of ether oxygens (including phenoxy) is 1. The smallest absolute Gasteiger partial charge is 0.277 e. The van der Waals surface area contributed by atoms with Gasteiger partial charge in [-0.2, -0.15) is 5.10 Å². The Hall–Kier alpha value is -3.34. The Bertz CT molecular complexity index is 928. The summed E-state index contributed by atoms with van der Waals surface area (Å²) in [5.41, 5.74) is 4.10. The number of benzene rings is 3. The minimum absolute atomic E-state index is 0.121. The largest absolute Gasteiger partial charge is 0.508 e. The molecule has 0 unspecified atom stereocenters. The van der Waals surface area contributed by atoms with Crippen molar-refractivity contribution in [3.05, 3.63) is 72.3 Å². The quantitative estimate of drug-likeness (QED) is 0.525. The van der Waals surface area contributed by atoms with Gasteiger partial charge in [-0.05, 0) is 47.7 Å². The van der Waals surface area contributed by atoms with Gasteiger partial charge in [-0.25, -0.2) is 5.43 Å². The molecule has 5 nitrogen and oxygen atoms in total. The lowest BCUT2D eigenvalue weighted by molar-refractivity contribution is -0.123. The van der Waals surface area contributed by atoms with Gasteiger partial charge >= 0.3 is 0 Å². The predicted molar refractivity (Wildman–Crippen MR) is 103 cm³/mol. The molecule has 0 aliphatic heterocycles. The average Bonchev–Trinajstić information content (AvgIpc) is 2.68. The molecule has 5 heteroatoms. The Labute approximate surface area is 151 Å². The van der Waals surface area contributed by atoms with Gasteiger partial charge < -0.3 is 9.84 Å². The van der Waals surface area contributed by atoms with Gasteiger partial charge in [-0.15, -0.1) is 0 Å². The Balaban J connectivity index is 1.64. The molecule has 0 aliphatic rings. The van der Waals surface area contributed by atoms with Crippen LogP contribution in [-0.4, -0.2) is 23.3 Å². The summed E-state index contributed by atoms with van der Waals surface area (Å²) in [5.74, 6) is 0.524. The molecule has 3 rings (SSSR count). The Kier molecular flexibility index (Phi) is 5.49. The molecule has 0 bridgehead atoms. The van der Waals surface area contributed by atoms with Crippen LogP contribution in [0.4, 0.5) is 0 Å². The van der Waals surface area contributed by atoms with Crippen molar-refractivity contribution < 1.29 is 14.6 Å². The van der Waals surface area contributed by atoms with E-state index >= 15 is 0 Å². The van der Waals surface area contributed by atoms with Crippen LogP contribution >= 0.6 is 0 Å². The zero-order valence-corrected chi connectivity index (χ0v) is 14.5. The number of nitrogens with zero attached hydrogens (tertiary/aromatic N) is 1. The number of hydrogen-bond donors (Lipinski definition) is 2. The van der Waals surface area contributed by atoms with Crippen molar-refractivity contribution in [3.8, 4) is 11.5 Å². The third-order valence-electron chi connectivity index (χ3n) is 3.96. The molecule has 3 aromatic rings. The Morgan fingerprint density at radius 3 is 2.54 bits per heavy atom. The fraction of sp³-hybridized carbons (Fsp3) is 0.143. The van der Waals surface area contributed by atoms with Gasteiger partial charge in [0, 0.05) is 5.39 Å². The fourth-order valence-corrected chi connectivity index (χ4v) is 2.63. The van der Waals surface area contributed by atoms with E-state index < -0.39 is 0 Å². The summed E-state index contributed by atoms with van der Waals surface area (Å²) in [6.45, 7) is 1.83. The first-order valence-corrected chi connectivity index (χ1v) is 8.42. The van der Waals surface area contributed by atoms with Gasteiger partial charge in [0.15, 0.2) is 6.61 Å². The van der Waals surface area contributed by atoms with Gasteiger partial charge in [0.1, 0.15) is 11.5 Å². The van der Waals surface area contributed by atoms with Crippen LogP contribution in [0.15, 0.2) is 71.8 Å². The molecule has 0 heterocycles. The summed E-state index contributed by atoms with van der Waals surface area (Å²) in [4.78, 5) is 12.1. The van der Waals surface area contributed by atoms with Gasteiger partial charge in [0.05, 0.1) is 5.71 Å². The first-order chi connectivity index (χ1) is 12.7. The lowest BCUT2D eigenvalue weighted by atomic mass is 10.1. The number of carbonyl (C=O) groups is 1. The molecule has 132 valence electrons. The number of hydrazone groups is 1. The third-order valence-corrected chi connectivity index (χ3v) is 3.96. The van der Waals surface area contributed by atoms with Gasteiger partial charge in [-0.1, -0.05) is 43.3 Å². The van der Waals surface area contributed by atoms with E-state index in [1.54, 1.807) is 24.3 Å². The maximum Gasteiger partial charge on any atom is 0.277 e. The maximum atomic E-state index is 12.1. The van der Waals surface area contributed by atoms with Crippen molar-refractivity contribution in [2.45, 2.75) is 13.3 Å². The van der Waals surface area contributed by atoms with E-state index in [4.69, 9.17) is 4.74 Å². The van der Waals surface area contributed by atoms with Crippen molar-refractivity contribution in [1.82, 2.24) is 5.43 Å². The lowest BCUT2D eigenvalue weighted by Gasteiger charge is -2.09. The first-order valence-electron chi connectivity index (χ1n) is 8.42. The number of phenolic OH excluding ortho intramolecular Hbond substituents is 1. The van der Waals surface area contributed by atoms with Crippen LogP contribution in [0.25, 0.3) is 10.8 Å². The Morgan fingerprint density at radius 1 is 1.04 bits per heavy atom. The second kappa shape index (κ2) is 8.16. The maximum absolute atomic E-state index is 12.1. The third kappa shape index (κ3) is 4.19. The first kappa shape index (κ1) is 17.5. The number of fused-ring (bicyclic) bond motifs is 1. The van der Waals surface area contributed by atoms with Crippen LogP contribution in [0.5, 0.6) is 11.5 Å². The number of phenols is 1. The second-order valence-electron chi connectivity index (χ2n) is 5.76. The highest BCUT2D eigenvalue weighted by molar-refractivity contribution is 6.01. The van der Waals surface area contributed by atoms with E-state index in [9.17, 15) is 9.90 Å². The lowest BCUT2D eigenvalue weighted by Crippen LogP contribution is -2.26. The molecule has 0 saturated carbocycles. The van der Waals surface area contributed by atoms with E-state index in [2.05, 4.69) is 10.5 Å². The van der Waals surface area contributed by atoms with Crippen LogP contribution in [0, 0.1) is 0 Å². The normalized spacial score (nSPS) is 11.3. The van der Waals surface area contributed by atoms with Gasteiger partial charge in [-0.3, -0.25) is 4.79 Å². The summed E-state index contributed by atoms with van der Waals surface area (Å²) in [6.07, 6.45) is 0.648. The topological polar surface area (TPSA) is 70.9 Å². The number of rotatable bonds is 6. The van der Waals surface area contributed by atoms with E-state index in [1.807, 2.05) is 49.4 Å². The van der Waals surface area contributed by atoms with Crippen molar-refractivity contribution in [2.75, 3.05) is 6.61 Å². The highest BCUT2D eigenvalue weighted by atomic mass is 16.5. The molecule has 0 aromatic heterocycles. The molecule has 2 N–H and O–H groups in total. The number of carbonyl (C=O) groups excluding carboxylic acids is 1. The molecule has 0 aliphatic carbocycles. The molecule has 0 radical (unpaired) electrons. The number of nitrogens with one attached hydrogen (secondary N) is 1. The summed E-state index contributed by atoms with van der Waals surface area (Å²) in [7, 11) is 0. The number of aromatic hydroxyl groups is 1. The Morgan fingerprint density at radius 2 is 1.77 bits per heavy atom. The molecule has 1 amide bonds. The van der Waals surface area contributed by atoms with Gasteiger partial charge in [0.2, 0.25) is 0 Å². The predicted octanol–water partition coefficient (Wildman–Crippen LogP) is 3.85. The van der Waals surface area contributed by atoms with E-state index in [0.717, 1.165) is 22.0 Å². The van der Waals surface area contributed by atoms with Crippen LogP contribution < -0.4 is 10.2 Å². The van der Waals surface area contributed by atoms with Crippen LogP contribution in [0.2, 0.25) is 0 Å². The second-order valence-corrected chi connectivity index (χ2v) is 5.76. The number of amides is 1. The zero-order valence-electron chi connectivity index (χ0n) is 14.5. The van der Waals surface area contributed by atoms with E-state index in [-0.39, 0.29) is 18.3 Å². The monoisotopic (exact) mass is 348 g/mol. The highest BCUT2D eigenvalue weighted by Gasteiger charge is 2.07. The standard InChI is InChI=1S/C21H20N2O3/c1-2-19(16-10-12-17(24)13-11-16)22-23-21(25)14-26-20-9-5-7-15-6-3-4-8-18(15)20/h3-13,24H,2,14H2,1H3,(H,23,25)/b22-19+. The number of hydrogen-bond acceptors (Lipinski definition) is 4.